The average Bonchev–Trinajstić information content (AvgIpc) is 3.11. The Balaban J connectivity index is 1.58. The molecule has 0 spiro atoms. The molecule has 8 heteroatoms. The Morgan fingerprint density at radius 3 is 2.73 bits per heavy atom. The highest BCUT2D eigenvalue weighted by Gasteiger charge is 2.53. The summed E-state index contributed by atoms with van der Waals surface area (Å²) in [4.78, 5) is 40.0. The van der Waals surface area contributed by atoms with Gasteiger partial charge in [-0.3, -0.25) is 14.4 Å². The number of hydrogen-bond acceptors (Lipinski definition) is 5. The predicted molar refractivity (Wildman–Crippen MR) is 100.0 cm³/mol. The van der Waals surface area contributed by atoms with Gasteiger partial charge in [-0.2, -0.15) is 0 Å². The number of anilines is 1. The van der Waals surface area contributed by atoms with Crippen LogP contribution in [-0.4, -0.2) is 64.9 Å². The highest BCUT2D eigenvalue weighted by atomic mass is 32.2. The van der Waals surface area contributed by atoms with Gasteiger partial charge in [0.05, 0.1) is 18.5 Å². The third-order valence-corrected chi connectivity index (χ3v) is 6.37. The molecule has 2 aliphatic heterocycles. The molecule has 0 unspecified atom stereocenters. The Bertz CT molecular complexity index is 724. The topological polar surface area (TPSA) is 79.0 Å². The summed E-state index contributed by atoms with van der Waals surface area (Å²) in [7, 11) is 3.17. The molecule has 2 heterocycles. The van der Waals surface area contributed by atoms with E-state index in [0.717, 1.165) is 6.42 Å². The Morgan fingerprint density at radius 2 is 2.08 bits per heavy atom. The lowest BCUT2D eigenvalue weighted by atomic mass is 10.2. The smallest absolute Gasteiger partial charge is 0.246 e. The van der Waals surface area contributed by atoms with Crippen LogP contribution in [0, 0.1) is 0 Å². The number of amides is 3. The van der Waals surface area contributed by atoms with E-state index in [1.807, 2.05) is 6.92 Å². The van der Waals surface area contributed by atoms with Crippen LogP contribution in [0.3, 0.4) is 0 Å². The van der Waals surface area contributed by atoms with Crippen LogP contribution in [0.25, 0.3) is 0 Å². The number of carbonyl (C=O) groups excluding carboxylic acids is 3. The molecule has 7 nitrogen and oxygen atoms in total. The maximum Gasteiger partial charge on any atom is 0.246 e. The number of fused-ring (bicyclic) bond motifs is 1. The average molecular weight is 377 g/mol. The predicted octanol–water partition coefficient (Wildman–Crippen LogP) is 1.55. The summed E-state index contributed by atoms with van der Waals surface area (Å²) in [6.45, 7) is 1.94. The second kappa shape index (κ2) is 7.19. The van der Waals surface area contributed by atoms with E-state index in [-0.39, 0.29) is 29.1 Å². The molecule has 0 bridgehead atoms. The molecule has 0 aliphatic carbocycles. The summed E-state index contributed by atoms with van der Waals surface area (Å²) in [6, 6.07) is 6.49. The van der Waals surface area contributed by atoms with Gasteiger partial charge in [0.25, 0.3) is 0 Å². The summed E-state index contributed by atoms with van der Waals surface area (Å²) >= 11 is 1.64. The van der Waals surface area contributed by atoms with Gasteiger partial charge in [0.1, 0.15) is 11.8 Å². The summed E-state index contributed by atoms with van der Waals surface area (Å²) < 4.78 is 5.08. The normalized spacial score (nSPS) is 24.3. The fraction of sp³-hybridized carbons (Fsp3) is 0.500. The lowest BCUT2D eigenvalue weighted by Crippen LogP contribution is -2.51. The van der Waals surface area contributed by atoms with Gasteiger partial charge < -0.3 is 19.9 Å². The third kappa shape index (κ3) is 3.51. The van der Waals surface area contributed by atoms with E-state index >= 15 is 0 Å². The molecule has 2 fully saturated rings. The van der Waals surface area contributed by atoms with Gasteiger partial charge in [-0.05, 0) is 37.6 Å². The van der Waals surface area contributed by atoms with Crippen molar-refractivity contribution < 1.29 is 19.1 Å². The molecule has 3 amide bonds. The molecule has 26 heavy (non-hydrogen) atoms. The highest BCUT2D eigenvalue weighted by molar-refractivity contribution is 8.01. The van der Waals surface area contributed by atoms with Crippen LogP contribution >= 0.6 is 11.8 Å². The molecule has 0 saturated carbocycles. The first-order valence-corrected chi connectivity index (χ1v) is 9.47. The molecule has 0 aromatic heterocycles. The number of nitrogens with zero attached hydrogens (tertiary/aromatic N) is 2. The SMILES string of the molecule is COc1ccc(NC(=O)CN(C)C(=O)[C@@H]2CS[C@]3(C)CCC(=O)N23)cc1. The fourth-order valence-electron chi connectivity index (χ4n) is 3.43. The molecule has 1 N–H and O–H groups in total. The fourth-order valence-corrected chi connectivity index (χ4v) is 4.85. The number of thioether (sulfide) groups is 1. The maximum atomic E-state index is 12.8. The number of hydrogen-bond donors (Lipinski definition) is 1. The number of ether oxygens (including phenoxy) is 1. The van der Waals surface area contributed by atoms with Crippen molar-refractivity contribution in [3.8, 4) is 5.75 Å². The van der Waals surface area contributed by atoms with Crippen molar-refractivity contribution in [2.24, 2.45) is 0 Å². The number of nitrogens with one attached hydrogen (secondary N) is 1. The lowest BCUT2D eigenvalue weighted by Gasteiger charge is -2.31. The van der Waals surface area contributed by atoms with Gasteiger partial charge in [0.15, 0.2) is 0 Å². The first kappa shape index (κ1) is 18.6. The number of carbonyl (C=O) groups is 3. The Morgan fingerprint density at radius 1 is 1.38 bits per heavy atom. The molecular weight excluding hydrogens is 354 g/mol. The quantitative estimate of drug-likeness (QED) is 0.842. The van der Waals surface area contributed by atoms with Gasteiger partial charge >= 0.3 is 0 Å². The minimum atomic E-state index is -0.487. The summed E-state index contributed by atoms with van der Waals surface area (Å²) in [5, 5.41) is 2.76. The van der Waals surface area contributed by atoms with Crippen LogP contribution in [0.15, 0.2) is 24.3 Å². The van der Waals surface area contributed by atoms with Gasteiger partial charge in [-0.25, -0.2) is 0 Å². The lowest BCUT2D eigenvalue weighted by molar-refractivity contribution is -0.143. The highest BCUT2D eigenvalue weighted by Crippen LogP contribution is 2.47. The summed E-state index contributed by atoms with van der Waals surface area (Å²) in [6.07, 6.45) is 1.25. The van der Waals surface area contributed by atoms with Gasteiger partial charge in [0.2, 0.25) is 17.7 Å². The molecule has 3 rings (SSSR count). The van der Waals surface area contributed by atoms with Crippen LogP contribution in [0.1, 0.15) is 19.8 Å². The van der Waals surface area contributed by atoms with Crippen molar-refractivity contribution in [2.75, 3.05) is 31.8 Å². The minimum Gasteiger partial charge on any atom is -0.497 e. The first-order chi connectivity index (χ1) is 12.3. The van der Waals surface area contributed by atoms with E-state index in [9.17, 15) is 14.4 Å². The molecule has 2 saturated heterocycles. The number of benzene rings is 1. The monoisotopic (exact) mass is 377 g/mol. The van der Waals surface area contributed by atoms with E-state index < -0.39 is 6.04 Å². The summed E-state index contributed by atoms with van der Waals surface area (Å²) in [5.41, 5.74) is 0.635. The molecule has 1 aromatic rings. The van der Waals surface area contributed by atoms with Crippen molar-refractivity contribution in [3.05, 3.63) is 24.3 Å². The Kier molecular flexibility index (Phi) is 5.13. The number of rotatable bonds is 5. The van der Waals surface area contributed by atoms with Crippen molar-refractivity contribution in [3.63, 3.8) is 0 Å². The molecule has 2 atom stereocenters. The maximum absolute atomic E-state index is 12.8. The Labute approximate surface area is 157 Å². The molecule has 0 radical (unpaired) electrons. The van der Waals surface area contributed by atoms with Gasteiger partial charge in [-0.1, -0.05) is 0 Å². The van der Waals surface area contributed by atoms with E-state index in [1.165, 1.54) is 4.90 Å². The zero-order valence-electron chi connectivity index (χ0n) is 15.2. The van der Waals surface area contributed by atoms with E-state index in [2.05, 4.69) is 5.32 Å². The number of methoxy groups -OCH3 is 1. The van der Waals surface area contributed by atoms with Crippen LogP contribution in [0.4, 0.5) is 5.69 Å². The number of likely N-dealkylation sites (N-methyl/N-ethyl adjacent to an activating group) is 1. The molecule has 2 aliphatic rings. The van der Waals surface area contributed by atoms with Gasteiger partial charge in [0, 0.05) is 24.9 Å². The standard InChI is InChI=1S/C18H23N3O4S/c1-18-9-8-16(23)21(18)14(11-26-18)17(24)20(2)10-15(22)19-12-4-6-13(25-3)7-5-12/h4-7,14H,8-11H2,1-3H3,(H,19,22)/t14-,18+/m0/s1. The van der Waals surface area contributed by atoms with Gasteiger partial charge in [-0.15, -0.1) is 11.8 Å². The Hall–Kier alpha value is -2.22. The summed E-state index contributed by atoms with van der Waals surface area (Å²) in [5.74, 6) is 0.818. The van der Waals surface area contributed by atoms with E-state index in [1.54, 1.807) is 55.1 Å². The molecular formula is C18H23N3O4S. The van der Waals surface area contributed by atoms with E-state index in [4.69, 9.17) is 4.74 Å². The molecule has 1 aromatic carbocycles. The minimum absolute atomic E-state index is 0.0203. The van der Waals surface area contributed by atoms with Crippen molar-refractivity contribution in [2.45, 2.75) is 30.7 Å². The van der Waals surface area contributed by atoms with Crippen molar-refractivity contribution >= 4 is 35.2 Å². The zero-order chi connectivity index (χ0) is 18.9. The second-order valence-electron chi connectivity index (χ2n) is 6.74. The van der Waals surface area contributed by atoms with Crippen LogP contribution in [0.2, 0.25) is 0 Å². The van der Waals surface area contributed by atoms with Crippen LogP contribution in [0.5, 0.6) is 5.75 Å². The first-order valence-electron chi connectivity index (χ1n) is 8.49. The van der Waals surface area contributed by atoms with Crippen LogP contribution < -0.4 is 10.1 Å². The van der Waals surface area contributed by atoms with E-state index in [0.29, 0.717) is 23.6 Å². The zero-order valence-corrected chi connectivity index (χ0v) is 16.0. The van der Waals surface area contributed by atoms with Crippen molar-refractivity contribution in [1.82, 2.24) is 9.80 Å². The molecule has 140 valence electrons. The van der Waals surface area contributed by atoms with Crippen LogP contribution in [-0.2, 0) is 14.4 Å². The third-order valence-electron chi connectivity index (χ3n) is 4.86. The largest absolute Gasteiger partial charge is 0.497 e. The second-order valence-corrected chi connectivity index (χ2v) is 8.24. The van der Waals surface area contributed by atoms with Crippen molar-refractivity contribution in [1.29, 1.82) is 0 Å².